The molecule has 0 N–H and O–H groups in total. The zero-order valence-corrected chi connectivity index (χ0v) is 17.2. The average molecular weight is 398 g/mol. The van der Waals surface area contributed by atoms with E-state index in [4.69, 9.17) is 9.72 Å². The highest BCUT2D eigenvalue weighted by molar-refractivity contribution is 5.43. The molecule has 2 heterocycles. The second-order valence-corrected chi connectivity index (χ2v) is 7.57. The highest BCUT2D eigenvalue weighted by Gasteiger charge is 2.23. The Labute approximate surface area is 171 Å². The number of morpholine rings is 1. The van der Waals surface area contributed by atoms with Gasteiger partial charge in [0.05, 0.1) is 19.3 Å². The second kappa shape index (κ2) is 9.61. The first-order valence-electron chi connectivity index (χ1n) is 9.99. The molecule has 0 spiro atoms. The van der Waals surface area contributed by atoms with Gasteiger partial charge in [-0.2, -0.15) is 20.2 Å². The Hall–Kier alpha value is -2.79. The molecule has 0 radical (unpaired) electrons. The van der Waals surface area contributed by atoms with Gasteiger partial charge in [-0.25, -0.2) is 4.39 Å². The summed E-state index contributed by atoms with van der Waals surface area (Å²) < 4.78 is 18.8. The molecule has 1 aromatic heterocycles. The summed E-state index contributed by atoms with van der Waals surface area (Å²) in [4.78, 5) is 17.5. The van der Waals surface area contributed by atoms with E-state index in [1.165, 1.54) is 12.1 Å². The van der Waals surface area contributed by atoms with Crippen LogP contribution in [0.5, 0.6) is 0 Å². The number of aromatic nitrogens is 3. The third kappa shape index (κ3) is 5.39. The van der Waals surface area contributed by atoms with Gasteiger partial charge < -0.3 is 14.5 Å². The van der Waals surface area contributed by atoms with Gasteiger partial charge in [0.25, 0.3) is 0 Å². The lowest BCUT2D eigenvalue weighted by Gasteiger charge is -2.32. The number of nitriles is 1. The lowest BCUT2D eigenvalue weighted by molar-refractivity contribution is 0.122. The topological polar surface area (TPSA) is 78.2 Å². The third-order valence-electron chi connectivity index (χ3n) is 5.03. The van der Waals surface area contributed by atoms with Crippen LogP contribution < -0.4 is 9.80 Å². The van der Waals surface area contributed by atoms with Crippen LogP contribution >= 0.6 is 0 Å². The minimum atomic E-state index is -0.267. The minimum Gasteiger partial charge on any atom is -0.378 e. The minimum absolute atomic E-state index is 0.0826. The van der Waals surface area contributed by atoms with Crippen molar-refractivity contribution in [3.8, 4) is 6.07 Å². The quantitative estimate of drug-likeness (QED) is 0.708. The number of ether oxygens (including phenoxy) is 1. The van der Waals surface area contributed by atoms with Gasteiger partial charge >= 0.3 is 0 Å². The lowest BCUT2D eigenvalue weighted by atomic mass is 10.1. The van der Waals surface area contributed by atoms with Gasteiger partial charge in [-0.1, -0.05) is 26.0 Å². The van der Waals surface area contributed by atoms with E-state index in [2.05, 4.69) is 34.8 Å². The van der Waals surface area contributed by atoms with Gasteiger partial charge in [0.1, 0.15) is 11.9 Å². The predicted octanol–water partition coefficient (Wildman–Crippen LogP) is 3.33. The van der Waals surface area contributed by atoms with Gasteiger partial charge in [-0.3, -0.25) is 0 Å². The maximum atomic E-state index is 13.4. The fraction of sp³-hybridized carbons (Fsp3) is 0.524. The molecule has 1 unspecified atom stereocenters. The van der Waals surface area contributed by atoms with E-state index in [0.717, 1.165) is 12.0 Å². The maximum absolute atomic E-state index is 13.4. The van der Waals surface area contributed by atoms with Crippen LogP contribution in [0.3, 0.4) is 0 Å². The van der Waals surface area contributed by atoms with Gasteiger partial charge in [-0.05, 0) is 37.0 Å². The van der Waals surface area contributed by atoms with Crippen LogP contribution in [0, 0.1) is 23.1 Å². The number of hydrogen-bond acceptors (Lipinski definition) is 7. The summed E-state index contributed by atoms with van der Waals surface area (Å²) >= 11 is 0. The van der Waals surface area contributed by atoms with Gasteiger partial charge in [0, 0.05) is 19.6 Å². The average Bonchev–Trinajstić information content (AvgIpc) is 2.74. The second-order valence-electron chi connectivity index (χ2n) is 7.57. The van der Waals surface area contributed by atoms with Crippen LogP contribution in [0.4, 0.5) is 16.3 Å². The standard InChI is InChI=1S/C21H27FN6O/c1-15(2)8-9-28(16(3)17-4-6-18(22)7-5-17)21-25-19(14-23)24-20(26-21)27-10-12-29-13-11-27/h4-7,15-16H,8-13H2,1-3H3. The largest absolute Gasteiger partial charge is 0.378 e. The summed E-state index contributed by atoms with van der Waals surface area (Å²) in [6.45, 7) is 9.63. The molecule has 0 amide bonds. The molecular formula is C21H27FN6O. The van der Waals surface area contributed by atoms with Crippen molar-refractivity contribution in [2.75, 3.05) is 42.6 Å². The molecule has 0 bridgehead atoms. The molecule has 1 aliphatic rings. The van der Waals surface area contributed by atoms with E-state index in [0.29, 0.717) is 50.7 Å². The van der Waals surface area contributed by atoms with E-state index in [1.54, 1.807) is 12.1 Å². The fourth-order valence-corrected chi connectivity index (χ4v) is 3.22. The van der Waals surface area contributed by atoms with Gasteiger partial charge in [-0.15, -0.1) is 0 Å². The maximum Gasteiger partial charge on any atom is 0.238 e. The summed E-state index contributed by atoms with van der Waals surface area (Å²) in [5.41, 5.74) is 0.960. The van der Waals surface area contributed by atoms with Crippen LogP contribution in [-0.2, 0) is 4.74 Å². The first-order valence-corrected chi connectivity index (χ1v) is 9.99. The molecule has 0 saturated carbocycles. The van der Waals surface area contributed by atoms with Crippen molar-refractivity contribution in [3.05, 3.63) is 41.5 Å². The number of anilines is 2. The van der Waals surface area contributed by atoms with E-state index in [-0.39, 0.29) is 17.7 Å². The van der Waals surface area contributed by atoms with Crippen LogP contribution in [0.15, 0.2) is 24.3 Å². The molecule has 7 nitrogen and oxygen atoms in total. The Morgan fingerprint density at radius 2 is 1.83 bits per heavy atom. The highest BCUT2D eigenvalue weighted by atomic mass is 19.1. The summed E-state index contributed by atoms with van der Waals surface area (Å²) in [6.07, 6.45) is 0.937. The Balaban J connectivity index is 1.97. The van der Waals surface area contributed by atoms with Gasteiger partial charge in [0.2, 0.25) is 17.7 Å². The SMILES string of the molecule is CC(C)CCN(c1nc(C#N)nc(N2CCOCC2)n1)C(C)c1ccc(F)cc1. The molecule has 0 aliphatic carbocycles. The van der Waals surface area contributed by atoms with E-state index in [1.807, 2.05) is 11.8 Å². The van der Waals surface area contributed by atoms with Crippen molar-refractivity contribution < 1.29 is 9.13 Å². The molecule has 1 saturated heterocycles. The Bertz CT molecular complexity index is 845. The van der Waals surface area contributed by atoms with Crippen LogP contribution in [0.2, 0.25) is 0 Å². The smallest absolute Gasteiger partial charge is 0.238 e. The molecule has 1 atom stereocenters. The fourth-order valence-electron chi connectivity index (χ4n) is 3.22. The van der Waals surface area contributed by atoms with Crippen molar-refractivity contribution in [1.29, 1.82) is 5.26 Å². The molecule has 2 aromatic rings. The summed E-state index contributed by atoms with van der Waals surface area (Å²) in [5, 5.41) is 9.46. The zero-order valence-electron chi connectivity index (χ0n) is 17.2. The number of hydrogen-bond donors (Lipinski definition) is 0. The molecular weight excluding hydrogens is 371 g/mol. The number of halogens is 1. The van der Waals surface area contributed by atoms with Crippen molar-refractivity contribution in [1.82, 2.24) is 15.0 Å². The molecule has 8 heteroatoms. The Morgan fingerprint density at radius 3 is 2.45 bits per heavy atom. The predicted molar refractivity (Wildman–Crippen MR) is 109 cm³/mol. The molecule has 1 aromatic carbocycles. The normalized spacial score (nSPS) is 15.2. The van der Waals surface area contributed by atoms with E-state index >= 15 is 0 Å². The molecule has 154 valence electrons. The first-order chi connectivity index (χ1) is 14.0. The van der Waals surface area contributed by atoms with Crippen LogP contribution in [0.25, 0.3) is 0 Å². The van der Waals surface area contributed by atoms with Crippen molar-refractivity contribution >= 4 is 11.9 Å². The van der Waals surface area contributed by atoms with Crippen molar-refractivity contribution in [3.63, 3.8) is 0 Å². The monoisotopic (exact) mass is 398 g/mol. The van der Waals surface area contributed by atoms with E-state index < -0.39 is 0 Å². The number of benzene rings is 1. The summed E-state index contributed by atoms with van der Waals surface area (Å²) in [5.74, 6) is 1.29. The lowest BCUT2D eigenvalue weighted by Crippen LogP contribution is -2.38. The van der Waals surface area contributed by atoms with Crippen molar-refractivity contribution in [2.45, 2.75) is 33.2 Å². The molecule has 1 aliphatic heterocycles. The van der Waals surface area contributed by atoms with E-state index in [9.17, 15) is 9.65 Å². The zero-order chi connectivity index (χ0) is 20.8. The first kappa shape index (κ1) is 20.9. The van der Waals surface area contributed by atoms with Crippen LogP contribution in [-0.4, -0.2) is 47.8 Å². The Morgan fingerprint density at radius 1 is 1.14 bits per heavy atom. The number of nitrogens with zero attached hydrogens (tertiary/aromatic N) is 6. The van der Waals surface area contributed by atoms with Crippen molar-refractivity contribution in [2.24, 2.45) is 5.92 Å². The molecule has 3 rings (SSSR count). The highest BCUT2D eigenvalue weighted by Crippen LogP contribution is 2.27. The third-order valence-corrected chi connectivity index (χ3v) is 5.03. The summed E-state index contributed by atoms with van der Waals surface area (Å²) in [6, 6.07) is 8.44. The summed E-state index contributed by atoms with van der Waals surface area (Å²) in [7, 11) is 0. The van der Waals surface area contributed by atoms with Crippen LogP contribution in [0.1, 0.15) is 44.6 Å². The molecule has 1 fully saturated rings. The number of rotatable bonds is 7. The Kier molecular flexibility index (Phi) is 6.94. The van der Waals surface area contributed by atoms with Gasteiger partial charge in [0.15, 0.2) is 0 Å². The molecule has 29 heavy (non-hydrogen) atoms.